The molecule has 1 heterocycles. The lowest BCUT2D eigenvalue weighted by atomic mass is 9.80. The molecule has 0 atom stereocenters. The van der Waals surface area contributed by atoms with Gasteiger partial charge in [-0.15, -0.1) is 0 Å². The molecule has 5 nitrogen and oxygen atoms in total. The Balaban J connectivity index is 1.73. The molecule has 0 radical (unpaired) electrons. The summed E-state index contributed by atoms with van der Waals surface area (Å²) in [6.45, 7) is 2.24. The minimum absolute atomic E-state index is 0.267. The predicted molar refractivity (Wildman–Crippen MR) is 101 cm³/mol. The van der Waals surface area contributed by atoms with E-state index >= 15 is 0 Å². The first-order chi connectivity index (χ1) is 12.6. The van der Waals surface area contributed by atoms with Crippen LogP contribution in [-0.4, -0.2) is 26.1 Å². The van der Waals surface area contributed by atoms with E-state index in [1.54, 1.807) is 20.3 Å². The van der Waals surface area contributed by atoms with Crippen LogP contribution < -0.4 is 9.47 Å². The van der Waals surface area contributed by atoms with Gasteiger partial charge < -0.3 is 14.2 Å². The molecule has 0 amide bonds. The van der Waals surface area contributed by atoms with Gasteiger partial charge in [0.05, 0.1) is 14.2 Å². The van der Waals surface area contributed by atoms with Gasteiger partial charge in [-0.3, -0.25) is 0 Å². The summed E-state index contributed by atoms with van der Waals surface area (Å²) in [6.07, 6.45) is 8.78. The van der Waals surface area contributed by atoms with Gasteiger partial charge in [0.1, 0.15) is 0 Å². The number of cyclic esters (lactones) is 1. The fraction of sp³-hybridized carbons (Fsp3) is 0.524. The third kappa shape index (κ3) is 4.09. The molecule has 3 rings (SSSR count). The number of carbonyl (C=O) groups is 1. The third-order valence-electron chi connectivity index (χ3n) is 5.24. The van der Waals surface area contributed by atoms with E-state index in [1.165, 1.54) is 25.7 Å². The Kier molecular flexibility index (Phi) is 5.96. The van der Waals surface area contributed by atoms with Crippen molar-refractivity contribution in [3.05, 3.63) is 29.5 Å². The largest absolute Gasteiger partial charge is 0.493 e. The van der Waals surface area contributed by atoms with Crippen LogP contribution in [0, 0.1) is 11.8 Å². The third-order valence-corrected chi connectivity index (χ3v) is 5.24. The van der Waals surface area contributed by atoms with Gasteiger partial charge in [0.15, 0.2) is 17.2 Å². The van der Waals surface area contributed by atoms with Crippen LogP contribution in [0.2, 0.25) is 0 Å². The highest BCUT2D eigenvalue weighted by molar-refractivity contribution is 6.07. The summed E-state index contributed by atoms with van der Waals surface area (Å²) in [5.74, 6) is 2.57. The number of benzene rings is 1. The first-order valence-electron chi connectivity index (χ1n) is 9.39. The zero-order valence-corrected chi connectivity index (χ0v) is 15.8. The molecule has 5 heteroatoms. The Morgan fingerprint density at radius 2 is 1.88 bits per heavy atom. The number of methoxy groups -OCH3 is 2. The van der Waals surface area contributed by atoms with E-state index in [4.69, 9.17) is 14.2 Å². The maximum atomic E-state index is 12.2. The minimum Gasteiger partial charge on any atom is -0.493 e. The van der Waals surface area contributed by atoms with Gasteiger partial charge in [0.2, 0.25) is 5.90 Å². The molecular weight excluding hydrogens is 330 g/mol. The molecule has 0 N–H and O–H groups in total. The number of esters is 1. The van der Waals surface area contributed by atoms with Gasteiger partial charge >= 0.3 is 5.97 Å². The number of aliphatic imine (C=N–C) groups is 1. The monoisotopic (exact) mass is 357 g/mol. The molecule has 1 aliphatic heterocycles. The van der Waals surface area contributed by atoms with E-state index in [0.29, 0.717) is 23.1 Å². The number of ether oxygens (including phenoxy) is 3. The Labute approximate surface area is 155 Å². The Morgan fingerprint density at radius 1 is 1.15 bits per heavy atom. The van der Waals surface area contributed by atoms with Crippen LogP contribution >= 0.6 is 0 Å². The molecule has 2 aliphatic rings. The topological polar surface area (TPSA) is 57.1 Å². The fourth-order valence-electron chi connectivity index (χ4n) is 3.81. The zero-order chi connectivity index (χ0) is 18.5. The van der Waals surface area contributed by atoms with Gasteiger partial charge in [-0.25, -0.2) is 9.79 Å². The van der Waals surface area contributed by atoms with E-state index in [0.717, 1.165) is 24.3 Å². The molecule has 0 bridgehead atoms. The van der Waals surface area contributed by atoms with Crippen molar-refractivity contribution in [2.45, 2.75) is 45.4 Å². The summed E-state index contributed by atoms with van der Waals surface area (Å²) in [5, 5.41) is 0. The number of carbonyl (C=O) groups excluding carboxylic acids is 1. The minimum atomic E-state index is -0.370. The molecular formula is C21H27NO4. The molecule has 26 heavy (non-hydrogen) atoms. The second kappa shape index (κ2) is 8.39. The summed E-state index contributed by atoms with van der Waals surface area (Å²) in [7, 11) is 3.18. The maximum absolute atomic E-state index is 12.2. The molecule has 0 spiro atoms. The van der Waals surface area contributed by atoms with E-state index in [-0.39, 0.29) is 11.9 Å². The van der Waals surface area contributed by atoms with Crippen LogP contribution in [0.4, 0.5) is 0 Å². The first kappa shape index (κ1) is 18.5. The molecule has 140 valence electrons. The van der Waals surface area contributed by atoms with Crippen LogP contribution in [0.3, 0.4) is 0 Å². The second-order valence-corrected chi connectivity index (χ2v) is 6.99. The number of nitrogens with zero attached hydrogens (tertiary/aromatic N) is 1. The van der Waals surface area contributed by atoms with E-state index in [9.17, 15) is 4.79 Å². The van der Waals surface area contributed by atoms with Gasteiger partial charge in [-0.05, 0) is 55.4 Å². The van der Waals surface area contributed by atoms with Crippen LogP contribution in [0.25, 0.3) is 6.08 Å². The molecule has 1 aliphatic carbocycles. The lowest BCUT2D eigenvalue weighted by molar-refractivity contribution is -0.130. The molecule has 1 aromatic carbocycles. The average molecular weight is 357 g/mol. The molecule has 1 fully saturated rings. The molecule has 0 saturated heterocycles. The molecule has 1 saturated carbocycles. The van der Waals surface area contributed by atoms with Crippen LogP contribution in [0.1, 0.15) is 51.0 Å². The zero-order valence-electron chi connectivity index (χ0n) is 15.8. The molecule has 1 aromatic rings. The fourth-order valence-corrected chi connectivity index (χ4v) is 3.81. The van der Waals surface area contributed by atoms with Gasteiger partial charge in [-0.1, -0.05) is 25.8 Å². The second-order valence-electron chi connectivity index (χ2n) is 6.99. The summed E-state index contributed by atoms with van der Waals surface area (Å²) < 4.78 is 16.0. The summed E-state index contributed by atoms with van der Waals surface area (Å²) in [5.41, 5.74) is 1.18. The van der Waals surface area contributed by atoms with Crippen molar-refractivity contribution in [1.29, 1.82) is 0 Å². The van der Waals surface area contributed by atoms with E-state index in [1.807, 2.05) is 18.2 Å². The van der Waals surface area contributed by atoms with E-state index < -0.39 is 0 Å². The van der Waals surface area contributed by atoms with E-state index in [2.05, 4.69) is 11.9 Å². The van der Waals surface area contributed by atoms with Crippen molar-refractivity contribution in [2.75, 3.05) is 14.2 Å². The van der Waals surface area contributed by atoms with Crippen LogP contribution in [-0.2, 0) is 9.53 Å². The van der Waals surface area contributed by atoms with Crippen molar-refractivity contribution in [3.63, 3.8) is 0 Å². The van der Waals surface area contributed by atoms with Crippen LogP contribution in [0.15, 0.2) is 28.9 Å². The van der Waals surface area contributed by atoms with Gasteiger partial charge in [0.25, 0.3) is 0 Å². The first-order valence-corrected chi connectivity index (χ1v) is 9.39. The molecule has 0 unspecified atom stereocenters. The summed E-state index contributed by atoms with van der Waals surface area (Å²) in [4.78, 5) is 16.7. The lowest BCUT2D eigenvalue weighted by Gasteiger charge is -2.27. The number of hydrogen-bond donors (Lipinski definition) is 0. The summed E-state index contributed by atoms with van der Waals surface area (Å²) >= 11 is 0. The Hall–Kier alpha value is -2.30. The number of rotatable bonds is 6. The highest BCUT2D eigenvalue weighted by Gasteiger charge is 2.32. The average Bonchev–Trinajstić information content (AvgIpc) is 3.03. The predicted octanol–water partition coefficient (Wildman–Crippen LogP) is 4.61. The lowest BCUT2D eigenvalue weighted by Crippen LogP contribution is -2.22. The Bertz CT molecular complexity index is 715. The van der Waals surface area contributed by atoms with Crippen molar-refractivity contribution in [1.82, 2.24) is 0 Å². The molecule has 0 aromatic heterocycles. The highest BCUT2D eigenvalue weighted by atomic mass is 16.6. The van der Waals surface area contributed by atoms with Crippen molar-refractivity contribution < 1.29 is 19.0 Å². The van der Waals surface area contributed by atoms with Gasteiger partial charge in [-0.2, -0.15) is 0 Å². The standard InChI is InChI=1S/C21H27NO4/c1-4-5-14-6-9-16(10-7-14)20-22-17(21(23)26-20)12-15-8-11-18(24-2)19(13-15)25-3/h8,11-14,16H,4-7,9-10H2,1-3H3/b17-12+. The highest BCUT2D eigenvalue weighted by Crippen LogP contribution is 2.35. The summed E-state index contributed by atoms with van der Waals surface area (Å²) in [6, 6.07) is 5.50. The van der Waals surface area contributed by atoms with Crippen molar-refractivity contribution in [3.8, 4) is 11.5 Å². The van der Waals surface area contributed by atoms with Crippen molar-refractivity contribution in [2.24, 2.45) is 16.8 Å². The number of hydrogen-bond acceptors (Lipinski definition) is 5. The maximum Gasteiger partial charge on any atom is 0.363 e. The Morgan fingerprint density at radius 3 is 2.54 bits per heavy atom. The van der Waals surface area contributed by atoms with Gasteiger partial charge in [0, 0.05) is 5.92 Å². The van der Waals surface area contributed by atoms with Crippen molar-refractivity contribution >= 4 is 17.9 Å². The van der Waals surface area contributed by atoms with Crippen LogP contribution in [0.5, 0.6) is 11.5 Å². The smallest absolute Gasteiger partial charge is 0.363 e. The quantitative estimate of drug-likeness (QED) is 0.551. The normalized spacial score (nSPS) is 24.3. The SMILES string of the molecule is CCCC1CCC(C2=N/C(=C/c3ccc(OC)c(OC)c3)C(=O)O2)CC1.